The molecule has 3 nitrogen and oxygen atoms in total. The van der Waals surface area contributed by atoms with Crippen LogP contribution in [0.2, 0.25) is 0 Å². The van der Waals surface area contributed by atoms with Gasteiger partial charge in [-0.25, -0.2) is 5.32 Å². The van der Waals surface area contributed by atoms with Gasteiger partial charge in [0.1, 0.15) is 6.04 Å². The van der Waals surface area contributed by atoms with Crippen LogP contribution in [0, 0.1) is 0 Å². The molecule has 1 saturated heterocycles. The van der Waals surface area contributed by atoms with E-state index in [0.29, 0.717) is 26.2 Å². The van der Waals surface area contributed by atoms with Crippen LogP contribution in [-0.4, -0.2) is 31.6 Å². The molecule has 0 aliphatic carbocycles. The van der Waals surface area contributed by atoms with Crippen LogP contribution in [0.3, 0.4) is 0 Å². The van der Waals surface area contributed by atoms with Crippen molar-refractivity contribution in [3.8, 4) is 0 Å². The highest BCUT2D eigenvalue weighted by Crippen LogP contribution is 2.01. The fourth-order valence-corrected chi connectivity index (χ4v) is 1.13. The zero-order valence-corrected chi connectivity index (χ0v) is 6.88. The minimum absolute atomic E-state index is 0.163. The third-order valence-corrected chi connectivity index (χ3v) is 1.73. The first-order valence-corrected chi connectivity index (χ1v) is 4.11. The first-order chi connectivity index (χ1) is 5.34. The fourth-order valence-electron chi connectivity index (χ4n) is 1.13. The molecular formula is C8H14NO2. The lowest BCUT2D eigenvalue weighted by Gasteiger charge is -2.20. The predicted molar refractivity (Wildman–Crippen MR) is 41.5 cm³/mol. The molecule has 63 valence electrons. The van der Waals surface area contributed by atoms with Gasteiger partial charge in [-0.05, 0) is 6.42 Å². The van der Waals surface area contributed by atoms with E-state index >= 15 is 0 Å². The second kappa shape index (κ2) is 4.46. The van der Waals surface area contributed by atoms with Gasteiger partial charge in [-0.15, -0.1) is 0 Å². The maximum Gasteiger partial charge on any atom is 0.153 e. The van der Waals surface area contributed by atoms with Crippen LogP contribution in [-0.2, 0) is 9.53 Å². The lowest BCUT2D eigenvalue weighted by Crippen LogP contribution is -2.41. The maximum absolute atomic E-state index is 11.2. The Morgan fingerprint density at radius 3 is 3.09 bits per heavy atom. The molecule has 0 aromatic carbocycles. The SMILES string of the molecule is CCCC(=O)C1COCC[N]1. The van der Waals surface area contributed by atoms with E-state index in [0.717, 1.165) is 6.42 Å². The van der Waals surface area contributed by atoms with Crippen molar-refractivity contribution in [2.75, 3.05) is 19.8 Å². The van der Waals surface area contributed by atoms with Crippen LogP contribution < -0.4 is 5.32 Å². The Morgan fingerprint density at radius 2 is 2.55 bits per heavy atom. The Morgan fingerprint density at radius 1 is 1.73 bits per heavy atom. The number of Topliss-reactive ketones (excluding diaryl/α,β-unsaturated/α-hetero) is 1. The molecule has 1 radical (unpaired) electrons. The standard InChI is InChI=1S/C8H14NO2/c1-2-3-8(10)7-6-11-5-4-9-7/h7H,2-6H2,1H3. The largest absolute Gasteiger partial charge is 0.378 e. The van der Waals surface area contributed by atoms with Crippen molar-refractivity contribution >= 4 is 5.78 Å². The van der Waals surface area contributed by atoms with Crippen LogP contribution >= 0.6 is 0 Å². The van der Waals surface area contributed by atoms with Gasteiger partial charge in [0.15, 0.2) is 5.78 Å². The van der Waals surface area contributed by atoms with Gasteiger partial charge >= 0.3 is 0 Å². The first kappa shape index (κ1) is 8.68. The number of nitrogens with zero attached hydrogens (tertiary/aromatic N) is 1. The molecule has 1 aliphatic rings. The van der Waals surface area contributed by atoms with Crippen LogP contribution in [0.5, 0.6) is 0 Å². The quantitative estimate of drug-likeness (QED) is 0.592. The highest BCUT2D eigenvalue weighted by atomic mass is 16.5. The Balaban J connectivity index is 2.27. The third kappa shape index (κ3) is 2.60. The molecule has 1 aliphatic heterocycles. The van der Waals surface area contributed by atoms with Gasteiger partial charge in [-0.3, -0.25) is 4.79 Å². The average molecular weight is 156 g/mol. The van der Waals surface area contributed by atoms with Gasteiger partial charge in [0.05, 0.1) is 13.2 Å². The number of ether oxygens (including phenoxy) is 1. The molecule has 1 heterocycles. The molecule has 1 unspecified atom stereocenters. The zero-order chi connectivity index (χ0) is 8.10. The molecule has 3 heteroatoms. The van der Waals surface area contributed by atoms with Crippen LogP contribution in [0.25, 0.3) is 0 Å². The summed E-state index contributed by atoms with van der Waals surface area (Å²) in [5.74, 6) is 0.229. The topological polar surface area (TPSA) is 40.4 Å². The summed E-state index contributed by atoms with van der Waals surface area (Å²) in [6.45, 7) is 3.86. The van der Waals surface area contributed by atoms with Gasteiger partial charge < -0.3 is 4.74 Å². The average Bonchev–Trinajstić information content (AvgIpc) is 2.07. The second-order valence-electron chi connectivity index (χ2n) is 2.71. The monoisotopic (exact) mass is 156 g/mol. The van der Waals surface area contributed by atoms with Gasteiger partial charge in [0, 0.05) is 13.0 Å². The zero-order valence-electron chi connectivity index (χ0n) is 6.88. The molecule has 0 N–H and O–H groups in total. The summed E-state index contributed by atoms with van der Waals surface area (Å²) in [5, 5.41) is 4.17. The summed E-state index contributed by atoms with van der Waals surface area (Å²) in [6.07, 6.45) is 1.54. The van der Waals surface area contributed by atoms with Crippen LogP contribution in [0.4, 0.5) is 0 Å². The number of hydrogen-bond donors (Lipinski definition) is 0. The highest BCUT2D eigenvalue weighted by molar-refractivity contribution is 5.84. The number of rotatable bonds is 3. The Kier molecular flexibility index (Phi) is 3.52. The minimum Gasteiger partial charge on any atom is -0.378 e. The Bertz CT molecular complexity index is 130. The van der Waals surface area contributed by atoms with Crippen molar-refractivity contribution in [2.24, 2.45) is 0 Å². The van der Waals surface area contributed by atoms with E-state index in [2.05, 4.69) is 5.32 Å². The summed E-state index contributed by atoms with van der Waals surface area (Å²) in [6, 6.07) is -0.163. The Labute approximate surface area is 67.1 Å². The molecule has 0 aromatic rings. The number of carbonyl (C=O) groups excluding carboxylic acids is 1. The van der Waals surface area contributed by atoms with E-state index < -0.39 is 0 Å². The van der Waals surface area contributed by atoms with E-state index in [4.69, 9.17) is 4.74 Å². The van der Waals surface area contributed by atoms with Crippen LogP contribution in [0.1, 0.15) is 19.8 Å². The summed E-state index contributed by atoms with van der Waals surface area (Å²) in [5.41, 5.74) is 0. The summed E-state index contributed by atoms with van der Waals surface area (Å²) in [4.78, 5) is 11.2. The smallest absolute Gasteiger partial charge is 0.153 e. The number of carbonyl (C=O) groups is 1. The lowest BCUT2D eigenvalue weighted by atomic mass is 10.1. The molecule has 1 rings (SSSR count). The van der Waals surface area contributed by atoms with Crippen molar-refractivity contribution in [3.63, 3.8) is 0 Å². The molecule has 1 atom stereocenters. The third-order valence-electron chi connectivity index (χ3n) is 1.73. The normalized spacial score (nSPS) is 25.0. The van der Waals surface area contributed by atoms with Crippen molar-refractivity contribution in [1.82, 2.24) is 5.32 Å². The molecule has 0 bridgehead atoms. The molecule has 0 amide bonds. The number of morpholine rings is 1. The molecule has 0 saturated carbocycles. The molecule has 1 fully saturated rings. The van der Waals surface area contributed by atoms with E-state index in [1.54, 1.807) is 0 Å². The predicted octanol–water partition coefficient (Wildman–Crippen LogP) is 0.359. The number of hydrogen-bond acceptors (Lipinski definition) is 2. The summed E-state index contributed by atoms with van der Waals surface area (Å²) in [7, 11) is 0. The molecular weight excluding hydrogens is 142 g/mol. The van der Waals surface area contributed by atoms with E-state index in [1.165, 1.54) is 0 Å². The van der Waals surface area contributed by atoms with E-state index in [-0.39, 0.29) is 11.8 Å². The van der Waals surface area contributed by atoms with Crippen LogP contribution in [0.15, 0.2) is 0 Å². The maximum atomic E-state index is 11.2. The van der Waals surface area contributed by atoms with Crippen molar-refractivity contribution in [3.05, 3.63) is 0 Å². The minimum atomic E-state index is -0.163. The van der Waals surface area contributed by atoms with Crippen molar-refractivity contribution < 1.29 is 9.53 Å². The number of ketones is 1. The lowest BCUT2D eigenvalue weighted by molar-refractivity contribution is -0.123. The van der Waals surface area contributed by atoms with Gasteiger partial charge in [-0.2, -0.15) is 0 Å². The second-order valence-corrected chi connectivity index (χ2v) is 2.71. The van der Waals surface area contributed by atoms with Crippen molar-refractivity contribution in [1.29, 1.82) is 0 Å². The van der Waals surface area contributed by atoms with Gasteiger partial charge in [0.25, 0.3) is 0 Å². The van der Waals surface area contributed by atoms with Gasteiger partial charge in [0.2, 0.25) is 0 Å². The molecule has 0 aromatic heterocycles. The fraction of sp³-hybridized carbons (Fsp3) is 0.875. The summed E-state index contributed by atoms with van der Waals surface area (Å²) < 4.78 is 5.13. The van der Waals surface area contributed by atoms with E-state index in [1.807, 2.05) is 6.92 Å². The molecule has 11 heavy (non-hydrogen) atoms. The highest BCUT2D eigenvalue weighted by Gasteiger charge is 2.20. The summed E-state index contributed by atoms with van der Waals surface area (Å²) >= 11 is 0. The van der Waals surface area contributed by atoms with Gasteiger partial charge in [-0.1, -0.05) is 6.92 Å². The molecule has 0 spiro atoms. The van der Waals surface area contributed by atoms with E-state index in [9.17, 15) is 4.79 Å². The Hall–Kier alpha value is -0.410. The first-order valence-electron chi connectivity index (χ1n) is 4.11. The van der Waals surface area contributed by atoms with Crippen molar-refractivity contribution in [2.45, 2.75) is 25.8 Å².